The van der Waals surface area contributed by atoms with E-state index in [1.807, 2.05) is 0 Å². The van der Waals surface area contributed by atoms with Crippen LogP contribution in [0.3, 0.4) is 0 Å². The average molecular weight is 266 g/mol. The van der Waals surface area contributed by atoms with Gasteiger partial charge >= 0.3 is 6.18 Å². The summed E-state index contributed by atoms with van der Waals surface area (Å²) in [4.78, 5) is 2.38. The third-order valence-corrected chi connectivity index (χ3v) is 4.06. The van der Waals surface area contributed by atoms with E-state index in [9.17, 15) is 13.2 Å². The molecule has 0 saturated carbocycles. The van der Waals surface area contributed by atoms with Gasteiger partial charge in [0.2, 0.25) is 0 Å². The van der Waals surface area contributed by atoms with Crippen molar-refractivity contribution in [2.75, 3.05) is 39.4 Å². The minimum absolute atomic E-state index is 0.191. The first kappa shape index (κ1) is 14.1. The second-order valence-electron chi connectivity index (χ2n) is 5.34. The lowest BCUT2D eigenvalue weighted by molar-refractivity contribution is -0.174. The number of alkyl halides is 3. The van der Waals surface area contributed by atoms with Crippen LogP contribution in [0, 0.1) is 11.8 Å². The van der Waals surface area contributed by atoms with Crippen LogP contribution < -0.4 is 5.32 Å². The number of likely N-dealkylation sites (tertiary alicyclic amines) is 1. The zero-order valence-electron chi connectivity index (χ0n) is 10.7. The Morgan fingerprint density at radius 2 is 2.11 bits per heavy atom. The van der Waals surface area contributed by atoms with Gasteiger partial charge < -0.3 is 10.1 Å². The first-order valence-electron chi connectivity index (χ1n) is 6.56. The molecule has 2 aliphatic heterocycles. The first-order valence-corrected chi connectivity index (χ1v) is 6.56. The molecule has 2 saturated heterocycles. The summed E-state index contributed by atoms with van der Waals surface area (Å²) >= 11 is 0. The van der Waals surface area contributed by atoms with Crippen molar-refractivity contribution in [1.82, 2.24) is 10.2 Å². The summed E-state index contributed by atoms with van der Waals surface area (Å²) in [5.41, 5.74) is 0. The van der Waals surface area contributed by atoms with Crippen molar-refractivity contribution < 1.29 is 17.9 Å². The molecule has 3 atom stereocenters. The SMILES string of the molecule is CC1C2CNCC2CN1CCCOCC(F)(F)F. The monoisotopic (exact) mass is 266 g/mol. The van der Waals surface area contributed by atoms with Gasteiger partial charge in [0, 0.05) is 25.7 Å². The molecule has 0 bridgehead atoms. The highest BCUT2D eigenvalue weighted by Gasteiger charge is 2.41. The van der Waals surface area contributed by atoms with E-state index in [0.717, 1.165) is 32.1 Å². The molecular weight excluding hydrogens is 245 g/mol. The molecular formula is C12H21F3N2O. The van der Waals surface area contributed by atoms with Gasteiger partial charge in [-0.2, -0.15) is 13.2 Å². The third kappa shape index (κ3) is 3.59. The van der Waals surface area contributed by atoms with Gasteiger partial charge in [0.15, 0.2) is 0 Å². The van der Waals surface area contributed by atoms with Crippen LogP contribution in [0.2, 0.25) is 0 Å². The highest BCUT2D eigenvalue weighted by atomic mass is 19.4. The van der Waals surface area contributed by atoms with Crippen LogP contribution in [0.25, 0.3) is 0 Å². The average Bonchev–Trinajstić information content (AvgIpc) is 2.81. The molecule has 1 N–H and O–H groups in total. The van der Waals surface area contributed by atoms with Crippen LogP contribution in [0.1, 0.15) is 13.3 Å². The molecule has 0 spiro atoms. The van der Waals surface area contributed by atoms with E-state index < -0.39 is 12.8 Å². The fraction of sp³-hybridized carbons (Fsp3) is 1.00. The Balaban J connectivity index is 1.60. The largest absolute Gasteiger partial charge is 0.411 e. The number of hydrogen-bond acceptors (Lipinski definition) is 3. The normalized spacial score (nSPS) is 33.0. The Hall–Kier alpha value is -0.330. The molecule has 0 aromatic rings. The van der Waals surface area contributed by atoms with E-state index in [1.165, 1.54) is 0 Å². The fourth-order valence-corrected chi connectivity index (χ4v) is 3.11. The summed E-state index contributed by atoms with van der Waals surface area (Å²) in [6, 6.07) is 0.535. The second-order valence-corrected chi connectivity index (χ2v) is 5.34. The third-order valence-electron chi connectivity index (χ3n) is 4.06. The van der Waals surface area contributed by atoms with Crippen LogP contribution in [0.15, 0.2) is 0 Å². The van der Waals surface area contributed by atoms with Crippen LogP contribution >= 0.6 is 0 Å². The number of rotatable bonds is 5. The van der Waals surface area contributed by atoms with Gasteiger partial charge in [-0.1, -0.05) is 0 Å². The van der Waals surface area contributed by atoms with E-state index in [4.69, 9.17) is 0 Å². The molecule has 3 unspecified atom stereocenters. The van der Waals surface area contributed by atoms with Gasteiger partial charge in [-0.3, -0.25) is 4.90 Å². The van der Waals surface area contributed by atoms with Gasteiger partial charge in [-0.15, -0.1) is 0 Å². The minimum atomic E-state index is -4.20. The number of nitrogens with one attached hydrogen (secondary N) is 1. The Bertz CT molecular complexity index is 273. The maximum atomic E-state index is 11.9. The van der Waals surface area contributed by atoms with E-state index in [1.54, 1.807) is 0 Å². The number of ether oxygens (including phenoxy) is 1. The van der Waals surface area contributed by atoms with Crippen LogP contribution in [-0.2, 0) is 4.74 Å². The Morgan fingerprint density at radius 3 is 2.78 bits per heavy atom. The minimum Gasteiger partial charge on any atom is -0.372 e. The zero-order valence-corrected chi connectivity index (χ0v) is 10.7. The fourth-order valence-electron chi connectivity index (χ4n) is 3.11. The number of halogens is 3. The Morgan fingerprint density at radius 1 is 1.33 bits per heavy atom. The Kier molecular flexibility index (Phi) is 4.50. The van der Waals surface area contributed by atoms with Crippen molar-refractivity contribution in [3.8, 4) is 0 Å². The zero-order chi connectivity index (χ0) is 13.2. The van der Waals surface area contributed by atoms with Crippen molar-refractivity contribution in [3.63, 3.8) is 0 Å². The van der Waals surface area contributed by atoms with E-state index in [-0.39, 0.29) is 6.61 Å². The molecule has 2 rings (SSSR count). The summed E-state index contributed by atoms with van der Waals surface area (Å²) in [7, 11) is 0. The van der Waals surface area contributed by atoms with E-state index in [2.05, 4.69) is 21.9 Å². The molecule has 0 aromatic heterocycles. The molecule has 0 amide bonds. The second kappa shape index (κ2) is 5.75. The van der Waals surface area contributed by atoms with Crippen LogP contribution in [0.5, 0.6) is 0 Å². The van der Waals surface area contributed by atoms with Gasteiger partial charge in [0.05, 0.1) is 0 Å². The first-order chi connectivity index (χ1) is 8.47. The lowest BCUT2D eigenvalue weighted by Crippen LogP contribution is -2.34. The molecule has 18 heavy (non-hydrogen) atoms. The standard InChI is InChI=1S/C12H21F3N2O/c1-9-11-6-16-5-10(11)7-17(9)3-2-4-18-8-12(13,14)15/h9-11,16H,2-8H2,1H3. The summed E-state index contributed by atoms with van der Waals surface area (Å²) < 4.78 is 40.2. The summed E-state index contributed by atoms with van der Waals surface area (Å²) in [6.07, 6.45) is -3.53. The van der Waals surface area contributed by atoms with Gasteiger partial charge in [0.1, 0.15) is 6.61 Å². The van der Waals surface area contributed by atoms with Gasteiger partial charge in [-0.05, 0) is 38.3 Å². The van der Waals surface area contributed by atoms with E-state index in [0.29, 0.717) is 18.4 Å². The van der Waals surface area contributed by atoms with Crippen molar-refractivity contribution >= 4 is 0 Å². The maximum Gasteiger partial charge on any atom is 0.411 e. The molecule has 2 heterocycles. The van der Waals surface area contributed by atoms with Crippen molar-refractivity contribution in [1.29, 1.82) is 0 Å². The van der Waals surface area contributed by atoms with Crippen molar-refractivity contribution in [2.24, 2.45) is 11.8 Å². The topological polar surface area (TPSA) is 24.5 Å². The smallest absolute Gasteiger partial charge is 0.372 e. The summed E-state index contributed by atoms with van der Waals surface area (Å²) in [5, 5.41) is 3.39. The summed E-state index contributed by atoms with van der Waals surface area (Å²) in [5.74, 6) is 1.43. The quantitative estimate of drug-likeness (QED) is 0.763. The molecule has 6 heteroatoms. The van der Waals surface area contributed by atoms with E-state index >= 15 is 0 Å². The lowest BCUT2D eigenvalue weighted by Gasteiger charge is -2.24. The van der Waals surface area contributed by atoms with Gasteiger partial charge in [-0.25, -0.2) is 0 Å². The molecule has 0 aromatic carbocycles. The number of fused-ring (bicyclic) bond motifs is 1. The molecule has 0 radical (unpaired) electrons. The Labute approximate surface area is 106 Å². The molecule has 2 fully saturated rings. The number of nitrogens with zero attached hydrogens (tertiary/aromatic N) is 1. The van der Waals surface area contributed by atoms with Crippen molar-refractivity contribution in [3.05, 3.63) is 0 Å². The lowest BCUT2D eigenvalue weighted by atomic mass is 9.95. The highest BCUT2D eigenvalue weighted by molar-refractivity contribution is 4.96. The van der Waals surface area contributed by atoms with Crippen molar-refractivity contribution in [2.45, 2.75) is 25.6 Å². The maximum absolute atomic E-state index is 11.9. The van der Waals surface area contributed by atoms with Gasteiger partial charge in [0.25, 0.3) is 0 Å². The molecule has 106 valence electrons. The highest BCUT2D eigenvalue weighted by Crippen LogP contribution is 2.32. The predicted octanol–water partition coefficient (Wildman–Crippen LogP) is 1.50. The predicted molar refractivity (Wildman–Crippen MR) is 62.4 cm³/mol. The molecule has 2 aliphatic rings. The van der Waals surface area contributed by atoms with Crippen LogP contribution in [-0.4, -0.2) is 56.5 Å². The molecule has 0 aliphatic carbocycles. The summed E-state index contributed by atoms with van der Waals surface area (Å²) in [6.45, 7) is 5.34. The molecule has 3 nitrogen and oxygen atoms in total. The van der Waals surface area contributed by atoms with Crippen LogP contribution in [0.4, 0.5) is 13.2 Å². The number of hydrogen-bond donors (Lipinski definition) is 1.